The highest BCUT2D eigenvalue weighted by molar-refractivity contribution is 9.10. The Morgan fingerprint density at radius 2 is 2.18 bits per heavy atom. The third-order valence-electron chi connectivity index (χ3n) is 2.46. The Hall–Kier alpha value is -1.10. The molecule has 1 aromatic rings. The molecule has 0 aromatic heterocycles. The van der Waals surface area contributed by atoms with Gasteiger partial charge in [-0.05, 0) is 38.5 Å². The van der Waals surface area contributed by atoms with Crippen LogP contribution in [-0.4, -0.2) is 17.7 Å². The monoisotopic (exact) mass is 304 g/mol. The molecule has 0 atom stereocenters. The highest BCUT2D eigenvalue weighted by Crippen LogP contribution is 2.25. The van der Waals surface area contributed by atoms with E-state index in [0.29, 0.717) is 10.9 Å². The molecule has 3 nitrogen and oxygen atoms in total. The molecule has 0 saturated carbocycles. The van der Waals surface area contributed by atoms with Crippen molar-refractivity contribution in [3.8, 4) is 5.75 Å². The average Bonchev–Trinajstić information content (AvgIpc) is 2.22. The summed E-state index contributed by atoms with van der Waals surface area (Å²) in [6, 6.07) is 4.38. The van der Waals surface area contributed by atoms with Crippen LogP contribution in [0.3, 0.4) is 0 Å². The number of hydrogen-bond donors (Lipinski definition) is 1. The van der Waals surface area contributed by atoms with Crippen LogP contribution in [-0.2, 0) is 4.79 Å². The van der Waals surface area contributed by atoms with Gasteiger partial charge in [0.05, 0.1) is 12.0 Å². The molecule has 94 valence electrons. The van der Waals surface area contributed by atoms with Crippen LogP contribution in [0.15, 0.2) is 22.7 Å². The van der Waals surface area contributed by atoms with Crippen molar-refractivity contribution in [1.29, 1.82) is 0 Å². The maximum absolute atomic E-state index is 13.3. The van der Waals surface area contributed by atoms with Gasteiger partial charge in [-0.1, -0.05) is 15.9 Å². The van der Waals surface area contributed by atoms with Crippen LogP contribution < -0.4 is 4.74 Å². The van der Waals surface area contributed by atoms with Crippen LogP contribution in [0.2, 0.25) is 0 Å². The molecule has 17 heavy (non-hydrogen) atoms. The zero-order chi connectivity index (χ0) is 13.1. The van der Waals surface area contributed by atoms with Gasteiger partial charge in [-0.2, -0.15) is 0 Å². The number of carbonyl (C=O) groups is 1. The Kier molecular flexibility index (Phi) is 4.51. The maximum atomic E-state index is 13.3. The number of hydrogen-bond acceptors (Lipinski definition) is 2. The van der Waals surface area contributed by atoms with Gasteiger partial charge in [0.2, 0.25) is 0 Å². The normalized spacial score (nSPS) is 11.3. The quantitative estimate of drug-likeness (QED) is 0.906. The Morgan fingerprint density at radius 3 is 2.76 bits per heavy atom. The molecule has 0 amide bonds. The Morgan fingerprint density at radius 1 is 1.53 bits per heavy atom. The van der Waals surface area contributed by atoms with E-state index in [0.717, 1.165) is 0 Å². The average molecular weight is 305 g/mol. The SMILES string of the molecule is CC(C)(CCOc1cc(Br)ccc1F)C(=O)O. The van der Waals surface area contributed by atoms with Gasteiger partial charge in [0.15, 0.2) is 11.6 Å². The molecule has 1 aromatic carbocycles. The molecule has 0 aliphatic rings. The van der Waals surface area contributed by atoms with Crippen LogP contribution >= 0.6 is 15.9 Å². The van der Waals surface area contributed by atoms with Gasteiger partial charge in [0.1, 0.15) is 0 Å². The summed E-state index contributed by atoms with van der Waals surface area (Å²) in [5.74, 6) is -1.22. The number of carboxylic acid groups (broad SMARTS) is 1. The van der Waals surface area contributed by atoms with E-state index in [4.69, 9.17) is 9.84 Å². The first kappa shape index (κ1) is 14.0. The van der Waals surface area contributed by atoms with Crippen LogP contribution in [0.5, 0.6) is 5.75 Å². The van der Waals surface area contributed by atoms with Crippen LogP contribution in [0.25, 0.3) is 0 Å². The van der Waals surface area contributed by atoms with Gasteiger partial charge in [0, 0.05) is 4.47 Å². The number of carboxylic acids is 1. The minimum atomic E-state index is -0.893. The van der Waals surface area contributed by atoms with Crippen molar-refractivity contribution in [3.05, 3.63) is 28.5 Å². The van der Waals surface area contributed by atoms with E-state index >= 15 is 0 Å². The molecule has 0 spiro atoms. The lowest BCUT2D eigenvalue weighted by Gasteiger charge is -2.19. The second-order valence-electron chi connectivity index (χ2n) is 4.36. The molecular formula is C12H14BrFO3. The van der Waals surface area contributed by atoms with Gasteiger partial charge < -0.3 is 9.84 Å². The van der Waals surface area contributed by atoms with E-state index < -0.39 is 17.2 Å². The molecule has 0 saturated heterocycles. The summed E-state index contributed by atoms with van der Waals surface area (Å²) in [7, 11) is 0. The van der Waals surface area contributed by atoms with Gasteiger partial charge >= 0.3 is 5.97 Å². The molecule has 0 radical (unpaired) electrons. The number of rotatable bonds is 5. The van der Waals surface area contributed by atoms with E-state index in [1.54, 1.807) is 19.9 Å². The van der Waals surface area contributed by atoms with Gasteiger partial charge in [-0.15, -0.1) is 0 Å². The predicted octanol–water partition coefficient (Wildman–Crippen LogP) is 3.47. The van der Waals surface area contributed by atoms with Crippen molar-refractivity contribution >= 4 is 21.9 Å². The van der Waals surface area contributed by atoms with Gasteiger partial charge in [-0.3, -0.25) is 4.79 Å². The largest absolute Gasteiger partial charge is 0.490 e. The number of halogens is 2. The Labute approximate surface area is 108 Å². The molecule has 1 rings (SSSR count). The molecule has 0 unspecified atom stereocenters. The summed E-state index contributed by atoms with van der Waals surface area (Å²) in [5.41, 5.74) is -0.873. The van der Waals surface area contributed by atoms with Crippen molar-refractivity contribution in [2.75, 3.05) is 6.61 Å². The number of benzene rings is 1. The highest BCUT2D eigenvalue weighted by Gasteiger charge is 2.26. The minimum absolute atomic E-state index is 0.126. The minimum Gasteiger partial charge on any atom is -0.490 e. The zero-order valence-corrected chi connectivity index (χ0v) is 11.3. The van der Waals surface area contributed by atoms with Crippen LogP contribution in [0, 0.1) is 11.2 Å². The second kappa shape index (κ2) is 5.49. The lowest BCUT2D eigenvalue weighted by molar-refractivity contribution is -0.147. The first-order chi connectivity index (χ1) is 7.83. The third-order valence-corrected chi connectivity index (χ3v) is 2.95. The maximum Gasteiger partial charge on any atom is 0.309 e. The molecular weight excluding hydrogens is 291 g/mol. The smallest absolute Gasteiger partial charge is 0.309 e. The number of aliphatic carboxylic acids is 1. The van der Waals surface area contributed by atoms with E-state index in [1.807, 2.05) is 0 Å². The molecule has 5 heteroatoms. The van der Waals surface area contributed by atoms with E-state index in [-0.39, 0.29) is 12.4 Å². The highest BCUT2D eigenvalue weighted by atomic mass is 79.9. The summed E-state index contributed by atoms with van der Waals surface area (Å²) in [4.78, 5) is 10.8. The van der Waals surface area contributed by atoms with E-state index in [1.165, 1.54) is 12.1 Å². The van der Waals surface area contributed by atoms with Crippen molar-refractivity contribution in [2.24, 2.45) is 5.41 Å². The van der Waals surface area contributed by atoms with Crippen LogP contribution in [0.1, 0.15) is 20.3 Å². The van der Waals surface area contributed by atoms with Crippen molar-refractivity contribution in [3.63, 3.8) is 0 Å². The van der Waals surface area contributed by atoms with Gasteiger partial charge in [0.25, 0.3) is 0 Å². The summed E-state index contributed by atoms with van der Waals surface area (Å²) in [6.07, 6.45) is 0.314. The summed E-state index contributed by atoms with van der Waals surface area (Å²) < 4.78 is 19.2. The second-order valence-corrected chi connectivity index (χ2v) is 5.28. The third kappa shape index (κ3) is 4.00. The standard InChI is InChI=1S/C12H14BrFO3/c1-12(2,11(15)16)5-6-17-10-7-8(13)3-4-9(10)14/h3-4,7H,5-6H2,1-2H3,(H,15,16). The summed E-state index contributed by atoms with van der Waals surface area (Å²) >= 11 is 3.21. The summed E-state index contributed by atoms with van der Waals surface area (Å²) in [6.45, 7) is 3.37. The molecule has 0 aliphatic heterocycles. The molecule has 0 fully saturated rings. The predicted molar refractivity (Wildman–Crippen MR) is 65.6 cm³/mol. The first-order valence-corrected chi connectivity index (χ1v) is 5.93. The van der Waals surface area contributed by atoms with E-state index in [9.17, 15) is 9.18 Å². The van der Waals surface area contributed by atoms with Crippen molar-refractivity contribution < 1.29 is 19.0 Å². The molecule has 0 heterocycles. The Bertz CT molecular complexity index is 418. The molecule has 0 aliphatic carbocycles. The fourth-order valence-corrected chi connectivity index (χ4v) is 1.45. The lowest BCUT2D eigenvalue weighted by atomic mass is 9.90. The van der Waals surface area contributed by atoms with Crippen molar-refractivity contribution in [2.45, 2.75) is 20.3 Å². The van der Waals surface area contributed by atoms with Gasteiger partial charge in [-0.25, -0.2) is 4.39 Å². The summed E-state index contributed by atoms with van der Waals surface area (Å²) in [5, 5.41) is 8.90. The fourth-order valence-electron chi connectivity index (χ4n) is 1.11. The van der Waals surface area contributed by atoms with Crippen molar-refractivity contribution in [1.82, 2.24) is 0 Å². The molecule has 1 N–H and O–H groups in total. The first-order valence-electron chi connectivity index (χ1n) is 5.14. The fraction of sp³-hybridized carbons (Fsp3) is 0.417. The van der Waals surface area contributed by atoms with E-state index in [2.05, 4.69) is 15.9 Å². The zero-order valence-electron chi connectivity index (χ0n) is 9.67. The van der Waals surface area contributed by atoms with Crippen LogP contribution in [0.4, 0.5) is 4.39 Å². The molecule has 0 bridgehead atoms. The lowest BCUT2D eigenvalue weighted by Crippen LogP contribution is -2.25. The Balaban J connectivity index is 2.57. The number of ether oxygens (including phenoxy) is 1. The topological polar surface area (TPSA) is 46.5 Å².